The zero-order chi connectivity index (χ0) is 18.4. The Morgan fingerprint density at radius 2 is 2.04 bits per heavy atom. The zero-order valence-electron chi connectivity index (χ0n) is 13.1. The van der Waals surface area contributed by atoms with Gasteiger partial charge < -0.3 is 10.1 Å². The van der Waals surface area contributed by atoms with E-state index in [9.17, 15) is 22.0 Å². The standard InChI is InChI=1S/C15H16F2N2O4S2/c1-10(11-4-2-5-12(8-11)23-15(16)17)19-13(20)9-18-25(21,22)14-6-3-7-24-14/h2-8,10,15,18H,9H2,1H3,(H,19,20). The SMILES string of the molecule is CC(NC(=O)CNS(=O)(=O)c1cccs1)c1cccc(OC(F)F)c1. The summed E-state index contributed by atoms with van der Waals surface area (Å²) in [5, 5.41) is 4.21. The molecule has 1 aromatic carbocycles. The lowest BCUT2D eigenvalue weighted by molar-refractivity contribution is -0.120. The topological polar surface area (TPSA) is 84.5 Å². The highest BCUT2D eigenvalue weighted by atomic mass is 32.2. The number of sulfonamides is 1. The molecular weight excluding hydrogens is 374 g/mol. The number of ether oxygens (including phenoxy) is 1. The van der Waals surface area contributed by atoms with Crippen molar-refractivity contribution in [2.45, 2.75) is 23.8 Å². The second-order valence-corrected chi connectivity index (χ2v) is 7.94. The molecule has 0 bridgehead atoms. The number of alkyl halides is 2. The number of rotatable bonds is 8. The molecule has 0 aliphatic heterocycles. The van der Waals surface area contributed by atoms with Gasteiger partial charge in [0.05, 0.1) is 12.6 Å². The number of amides is 1. The molecule has 0 radical (unpaired) electrons. The Morgan fingerprint density at radius 1 is 1.28 bits per heavy atom. The van der Waals surface area contributed by atoms with Crippen LogP contribution in [0.4, 0.5) is 8.78 Å². The summed E-state index contributed by atoms with van der Waals surface area (Å²) in [7, 11) is -3.73. The average molecular weight is 390 g/mol. The highest BCUT2D eigenvalue weighted by Crippen LogP contribution is 2.20. The number of carbonyl (C=O) groups excluding carboxylic acids is 1. The maximum absolute atomic E-state index is 12.2. The van der Waals surface area contributed by atoms with Crippen LogP contribution in [0.15, 0.2) is 46.0 Å². The van der Waals surface area contributed by atoms with Gasteiger partial charge in [-0.1, -0.05) is 18.2 Å². The number of hydrogen-bond acceptors (Lipinski definition) is 5. The first-order valence-corrected chi connectivity index (χ1v) is 9.51. The van der Waals surface area contributed by atoms with Gasteiger partial charge in [-0.25, -0.2) is 13.1 Å². The van der Waals surface area contributed by atoms with Crippen molar-refractivity contribution in [2.75, 3.05) is 6.54 Å². The second-order valence-electron chi connectivity index (χ2n) is 5.00. The van der Waals surface area contributed by atoms with Crippen molar-refractivity contribution in [3.05, 3.63) is 47.3 Å². The van der Waals surface area contributed by atoms with Crippen LogP contribution in [0.25, 0.3) is 0 Å². The number of hydrogen-bond donors (Lipinski definition) is 2. The van der Waals surface area contributed by atoms with Gasteiger partial charge in [0.2, 0.25) is 5.91 Å². The predicted molar refractivity (Wildman–Crippen MR) is 89.1 cm³/mol. The number of halogens is 2. The second kappa shape index (κ2) is 8.37. The Kier molecular flexibility index (Phi) is 6.45. The van der Waals surface area contributed by atoms with Crippen LogP contribution in [-0.4, -0.2) is 27.5 Å². The van der Waals surface area contributed by atoms with Crippen LogP contribution in [0, 0.1) is 0 Å². The van der Waals surface area contributed by atoms with Gasteiger partial charge in [-0.2, -0.15) is 8.78 Å². The van der Waals surface area contributed by atoms with Gasteiger partial charge in [0.15, 0.2) is 0 Å². The van der Waals surface area contributed by atoms with Gasteiger partial charge in [-0.15, -0.1) is 11.3 Å². The molecule has 0 saturated carbocycles. The van der Waals surface area contributed by atoms with E-state index in [1.807, 2.05) is 0 Å². The predicted octanol–water partition coefficient (Wildman–Crippen LogP) is 2.51. The summed E-state index contributed by atoms with van der Waals surface area (Å²) in [5.74, 6) is -0.570. The molecule has 2 N–H and O–H groups in total. The highest BCUT2D eigenvalue weighted by Gasteiger charge is 2.17. The molecule has 1 unspecified atom stereocenters. The summed E-state index contributed by atoms with van der Waals surface area (Å²) in [5.41, 5.74) is 0.549. The van der Waals surface area contributed by atoms with E-state index in [0.29, 0.717) is 5.56 Å². The molecule has 0 spiro atoms. The summed E-state index contributed by atoms with van der Waals surface area (Å²) in [6.45, 7) is -1.72. The summed E-state index contributed by atoms with van der Waals surface area (Å²) >= 11 is 1.04. The van der Waals surface area contributed by atoms with Gasteiger partial charge in [0, 0.05) is 0 Å². The Bertz CT molecular complexity index is 811. The Morgan fingerprint density at radius 3 is 2.68 bits per heavy atom. The van der Waals surface area contributed by atoms with E-state index in [4.69, 9.17) is 0 Å². The van der Waals surface area contributed by atoms with Crippen molar-refractivity contribution in [1.82, 2.24) is 10.0 Å². The van der Waals surface area contributed by atoms with Crippen molar-refractivity contribution in [1.29, 1.82) is 0 Å². The zero-order valence-corrected chi connectivity index (χ0v) is 14.7. The van der Waals surface area contributed by atoms with Gasteiger partial charge in [-0.3, -0.25) is 4.79 Å². The van der Waals surface area contributed by atoms with Crippen LogP contribution in [0.2, 0.25) is 0 Å². The Hall–Kier alpha value is -2.04. The smallest absolute Gasteiger partial charge is 0.387 e. The van der Waals surface area contributed by atoms with Crippen molar-refractivity contribution >= 4 is 27.3 Å². The van der Waals surface area contributed by atoms with E-state index in [2.05, 4.69) is 14.8 Å². The first-order chi connectivity index (χ1) is 11.8. The maximum atomic E-state index is 12.2. The lowest BCUT2D eigenvalue weighted by Crippen LogP contribution is -2.37. The minimum absolute atomic E-state index is 0.0213. The van der Waals surface area contributed by atoms with Gasteiger partial charge in [-0.05, 0) is 36.1 Å². The van der Waals surface area contributed by atoms with Gasteiger partial charge in [0.25, 0.3) is 10.0 Å². The monoisotopic (exact) mass is 390 g/mol. The quantitative estimate of drug-likeness (QED) is 0.725. The number of nitrogens with one attached hydrogen (secondary N) is 2. The molecule has 6 nitrogen and oxygen atoms in total. The summed E-state index contributed by atoms with van der Waals surface area (Å²) in [6, 6.07) is 8.43. The molecule has 1 heterocycles. The van der Waals surface area contributed by atoms with Crippen LogP contribution in [0.1, 0.15) is 18.5 Å². The number of benzene rings is 1. The fourth-order valence-electron chi connectivity index (χ4n) is 1.98. The van der Waals surface area contributed by atoms with Crippen molar-refractivity contribution in [3.8, 4) is 5.75 Å². The van der Waals surface area contributed by atoms with Crippen LogP contribution >= 0.6 is 11.3 Å². The average Bonchev–Trinajstić information content (AvgIpc) is 3.08. The first kappa shape index (κ1) is 19.3. The minimum Gasteiger partial charge on any atom is -0.435 e. The highest BCUT2D eigenvalue weighted by molar-refractivity contribution is 7.91. The lowest BCUT2D eigenvalue weighted by atomic mass is 10.1. The third kappa shape index (κ3) is 5.76. The molecule has 136 valence electrons. The van der Waals surface area contributed by atoms with E-state index in [-0.39, 0.29) is 9.96 Å². The molecule has 0 fully saturated rings. The van der Waals surface area contributed by atoms with E-state index in [1.165, 1.54) is 24.3 Å². The molecular formula is C15H16F2N2O4S2. The third-order valence-corrected chi connectivity index (χ3v) is 5.94. The van der Waals surface area contributed by atoms with Crippen LogP contribution < -0.4 is 14.8 Å². The van der Waals surface area contributed by atoms with Crippen LogP contribution in [0.3, 0.4) is 0 Å². The van der Waals surface area contributed by atoms with Crippen LogP contribution in [0.5, 0.6) is 5.75 Å². The molecule has 1 amide bonds. The summed E-state index contributed by atoms with van der Waals surface area (Å²) in [4.78, 5) is 11.9. The van der Waals surface area contributed by atoms with Crippen molar-refractivity contribution in [2.24, 2.45) is 0 Å². The molecule has 10 heteroatoms. The molecule has 1 aromatic heterocycles. The van der Waals surface area contributed by atoms with Gasteiger partial charge in [0.1, 0.15) is 9.96 Å². The molecule has 0 aliphatic rings. The van der Waals surface area contributed by atoms with Gasteiger partial charge >= 0.3 is 6.61 Å². The molecule has 2 rings (SSSR count). The Labute approximate surface area is 147 Å². The van der Waals surface area contributed by atoms with Crippen molar-refractivity contribution in [3.63, 3.8) is 0 Å². The minimum atomic E-state index is -3.73. The van der Waals surface area contributed by atoms with E-state index < -0.39 is 35.1 Å². The fraction of sp³-hybridized carbons (Fsp3) is 0.267. The van der Waals surface area contributed by atoms with Crippen LogP contribution in [-0.2, 0) is 14.8 Å². The fourth-order valence-corrected chi connectivity index (χ4v) is 4.00. The van der Waals surface area contributed by atoms with Crippen molar-refractivity contribution < 1.29 is 26.7 Å². The van der Waals surface area contributed by atoms with E-state index in [0.717, 1.165) is 11.3 Å². The van der Waals surface area contributed by atoms with E-state index in [1.54, 1.807) is 24.4 Å². The molecule has 2 aromatic rings. The summed E-state index contributed by atoms with van der Waals surface area (Å²) < 4.78 is 55.0. The summed E-state index contributed by atoms with van der Waals surface area (Å²) in [6.07, 6.45) is 0. The normalized spacial score (nSPS) is 12.8. The number of thiophene rings is 1. The molecule has 1 atom stereocenters. The third-order valence-electron chi connectivity index (χ3n) is 3.14. The molecule has 25 heavy (non-hydrogen) atoms. The first-order valence-electron chi connectivity index (χ1n) is 7.15. The largest absolute Gasteiger partial charge is 0.435 e. The number of carbonyl (C=O) groups is 1. The maximum Gasteiger partial charge on any atom is 0.387 e. The van der Waals surface area contributed by atoms with E-state index >= 15 is 0 Å². The Balaban J connectivity index is 1.92. The molecule has 0 saturated heterocycles. The lowest BCUT2D eigenvalue weighted by Gasteiger charge is -2.15. The molecule has 0 aliphatic carbocycles.